The molecule has 0 aromatic carbocycles. The highest BCUT2D eigenvalue weighted by molar-refractivity contribution is 7.10. The van der Waals surface area contributed by atoms with Crippen LogP contribution < -0.4 is 10.6 Å². The van der Waals surface area contributed by atoms with Gasteiger partial charge in [0.15, 0.2) is 5.96 Å². The number of nitrogens with one attached hydrogen (secondary N) is 2. The van der Waals surface area contributed by atoms with E-state index in [4.69, 9.17) is 0 Å². The molecule has 1 aromatic heterocycles. The van der Waals surface area contributed by atoms with Gasteiger partial charge >= 0.3 is 0 Å². The number of likely N-dealkylation sites (tertiary alicyclic amines) is 1. The fourth-order valence-corrected chi connectivity index (χ4v) is 3.93. The maximum atomic E-state index is 9.20. The largest absolute Gasteiger partial charge is 0.396 e. The normalized spacial score (nSPS) is 19.6. The summed E-state index contributed by atoms with van der Waals surface area (Å²) in [6.45, 7) is 11.3. The van der Waals surface area contributed by atoms with E-state index in [0.717, 1.165) is 25.0 Å². The van der Waals surface area contributed by atoms with Crippen LogP contribution in [0.3, 0.4) is 0 Å². The predicted molar refractivity (Wildman–Crippen MR) is 107 cm³/mol. The van der Waals surface area contributed by atoms with E-state index >= 15 is 0 Å². The van der Waals surface area contributed by atoms with Gasteiger partial charge in [-0.25, -0.2) is 0 Å². The molecule has 5 nitrogen and oxygen atoms in total. The average molecular weight is 367 g/mol. The molecule has 2 atom stereocenters. The summed E-state index contributed by atoms with van der Waals surface area (Å²) in [5.74, 6) is 1.87. The maximum absolute atomic E-state index is 9.20. The average Bonchev–Trinajstić information content (AvgIpc) is 3.15. The van der Waals surface area contributed by atoms with Crippen LogP contribution in [0.2, 0.25) is 0 Å². The van der Waals surface area contributed by atoms with Crippen LogP contribution in [0.4, 0.5) is 0 Å². The van der Waals surface area contributed by atoms with E-state index < -0.39 is 0 Å². The molecule has 1 aliphatic rings. The van der Waals surface area contributed by atoms with Crippen molar-refractivity contribution in [1.82, 2.24) is 15.5 Å². The first-order valence-electron chi connectivity index (χ1n) is 9.54. The third kappa shape index (κ3) is 6.60. The predicted octanol–water partition coefficient (Wildman–Crippen LogP) is 2.70. The lowest BCUT2D eigenvalue weighted by atomic mass is 9.97. The van der Waals surface area contributed by atoms with E-state index in [1.807, 2.05) is 18.3 Å². The van der Waals surface area contributed by atoms with Crippen LogP contribution >= 0.6 is 11.3 Å². The molecule has 0 spiro atoms. The Labute approximate surface area is 156 Å². The smallest absolute Gasteiger partial charge is 0.191 e. The lowest BCUT2D eigenvalue weighted by molar-refractivity contribution is 0.140. The molecule has 0 aliphatic carbocycles. The van der Waals surface area contributed by atoms with Crippen molar-refractivity contribution in [2.45, 2.75) is 39.7 Å². The Balaban J connectivity index is 2.00. The molecule has 2 unspecified atom stereocenters. The number of rotatable bonds is 8. The number of guanidine groups is 1. The zero-order valence-electron chi connectivity index (χ0n) is 15.9. The third-order valence-electron chi connectivity index (χ3n) is 4.81. The molecule has 0 radical (unpaired) electrons. The van der Waals surface area contributed by atoms with E-state index in [1.165, 1.54) is 30.8 Å². The topological polar surface area (TPSA) is 59.9 Å². The Morgan fingerprint density at radius 3 is 2.76 bits per heavy atom. The second kappa shape index (κ2) is 10.8. The Kier molecular flexibility index (Phi) is 8.72. The van der Waals surface area contributed by atoms with E-state index in [1.54, 1.807) is 0 Å². The summed E-state index contributed by atoms with van der Waals surface area (Å²) in [6, 6.07) is 4.78. The van der Waals surface area contributed by atoms with Crippen molar-refractivity contribution in [2.75, 3.05) is 39.3 Å². The highest BCUT2D eigenvalue weighted by Gasteiger charge is 2.25. The van der Waals surface area contributed by atoms with Gasteiger partial charge in [-0.05, 0) is 56.1 Å². The Hall–Kier alpha value is -1.11. The molecular formula is C19H34N4OS. The van der Waals surface area contributed by atoms with Crippen LogP contribution in [0.15, 0.2) is 22.5 Å². The molecule has 1 aromatic rings. The minimum absolute atomic E-state index is 0.173. The standard InChI is InChI=1S/C19H34N4OS/c1-4-20-19(21-12-16(3)14-24)22-13-17(18-6-5-11-25-18)23-9-7-15(2)8-10-23/h5-6,11,15-17,24H,4,7-10,12-14H2,1-3H3,(H2,20,21,22). The van der Waals surface area contributed by atoms with Gasteiger partial charge in [0.25, 0.3) is 0 Å². The van der Waals surface area contributed by atoms with Gasteiger partial charge in [-0.3, -0.25) is 9.89 Å². The first-order valence-corrected chi connectivity index (χ1v) is 10.4. The monoisotopic (exact) mass is 366 g/mol. The zero-order chi connectivity index (χ0) is 18.1. The highest BCUT2D eigenvalue weighted by Crippen LogP contribution is 2.28. The van der Waals surface area contributed by atoms with E-state index in [9.17, 15) is 5.11 Å². The summed E-state index contributed by atoms with van der Waals surface area (Å²) >= 11 is 1.84. The second-order valence-electron chi connectivity index (χ2n) is 7.14. The second-order valence-corrected chi connectivity index (χ2v) is 8.12. The SMILES string of the molecule is CCNC(=NCC(C)CO)NCC(c1cccs1)N1CCC(C)CC1. The van der Waals surface area contributed by atoms with Gasteiger partial charge in [-0.2, -0.15) is 0 Å². The molecule has 2 rings (SSSR count). The van der Waals surface area contributed by atoms with Gasteiger partial charge in [0.1, 0.15) is 0 Å². The van der Waals surface area contributed by atoms with Crippen LogP contribution in [0.1, 0.15) is 44.5 Å². The molecule has 25 heavy (non-hydrogen) atoms. The summed E-state index contributed by atoms with van der Waals surface area (Å²) in [5.41, 5.74) is 0. The number of aliphatic imine (C=N–C) groups is 1. The molecular weight excluding hydrogens is 332 g/mol. The van der Waals surface area contributed by atoms with Crippen LogP contribution in [0.25, 0.3) is 0 Å². The number of thiophene rings is 1. The van der Waals surface area contributed by atoms with Gasteiger partial charge in [-0.1, -0.05) is 19.9 Å². The number of nitrogens with zero attached hydrogens (tertiary/aromatic N) is 2. The molecule has 2 heterocycles. The minimum atomic E-state index is 0.173. The summed E-state index contributed by atoms with van der Waals surface area (Å²) in [7, 11) is 0. The molecule has 3 N–H and O–H groups in total. The molecule has 6 heteroatoms. The van der Waals surface area contributed by atoms with Crippen molar-refractivity contribution in [3.63, 3.8) is 0 Å². The van der Waals surface area contributed by atoms with Crippen molar-refractivity contribution >= 4 is 17.3 Å². The van der Waals surface area contributed by atoms with Crippen molar-refractivity contribution in [3.8, 4) is 0 Å². The van der Waals surface area contributed by atoms with E-state index in [2.05, 4.69) is 51.9 Å². The lowest BCUT2D eigenvalue weighted by Gasteiger charge is -2.36. The van der Waals surface area contributed by atoms with Crippen LogP contribution in [-0.4, -0.2) is 55.3 Å². The molecule has 0 saturated carbocycles. The van der Waals surface area contributed by atoms with Crippen molar-refractivity contribution < 1.29 is 5.11 Å². The Morgan fingerprint density at radius 2 is 2.16 bits per heavy atom. The van der Waals surface area contributed by atoms with Gasteiger partial charge < -0.3 is 15.7 Å². The fourth-order valence-electron chi connectivity index (χ4n) is 3.07. The van der Waals surface area contributed by atoms with E-state index in [0.29, 0.717) is 12.6 Å². The van der Waals surface area contributed by atoms with Gasteiger partial charge in [-0.15, -0.1) is 11.3 Å². The van der Waals surface area contributed by atoms with Crippen molar-refractivity contribution in [2.24, 2.45) is 16.8 Å². The van der Waals surface area contributed by atoms with Gasteiger partial charge in [0.2, 0.25) is 0 Å². The fraction of sp³-hybridized carbons (Fsp3) is 0.737. The highest BCUT2D eigenvalue weighted by atomic mass is 32.1. The zero-order valence-corrected chi connectivity index (χ0v) is 16.7. The number of aliphatic hydroxyl groups excluding tert-OH is 1. The van der Waals surface area contributed by atoms with Crippen LogP contribution in [0.5, 0.6) is 0 Å². The summed E-state index contributed by atoms with van der Waals surface area (Å²) in [5, 5.41) is 18.2. The molecule has 1 fully saturated rings. The van der Waals surface area contributed by atoms with Crippen LogP contribution in [-0.2, 0) is 0 Å². The summed E-state index contributed by atoms with van der Waals surface area (Å²) in [4.78, 5) is 8.64. The van der Waals surface area contributed by atoms with Gasteiger partial charge in [0, 0.05) is 31.1 Å². The van der Waals surface area contributed by atoms with E-state index in [-0.39, 0.29) is 12.5 Å². The molecule has 0 amide bonds. The number of hydrogen-bond acceptors (Lipinski definition) is 4. The maximum Gasteiger partial charge on any atom is 0.191 e. The van der Waals surface area contributed by atoms with Crippen molar-refractivity contribution in [3.05, 3.63) is 22.4 Å². The Bertz CT molecular complexity index is 498. The first kappa shape index (κ1) is 20.2. The number of piperidine rings is 1. The first-order chi connectivity index (χ1) is 12.1. The molecule has 1 aliphatic heterocycles. The quantitative estimate of drug-likeness (QED) is 0.489. The van der Waals surface area contributed by atoms with Crippen molar-refractivity contribution in [1.29, 1.82) is 0 Å². The molecule has 1 saturated heterocycles. The third-order valence-corrected chi connectivity index (χ3v) is 5.78. The lowest BCUT2D eigenvalue weighted by Crippen LogP contribution is -2.45. The molecule has 142 valence electrons. The summed E-state index contributed by atoms with van der Waals surface area (Å²) < 4.78 is 0. The number of hydrogen-bond donors (Lipinski definition) is 3. The molecule has 0 bridgehead atoms. The van der Waals surface area contributed by atoms with Gasteiger partial charge in [0.05, 0.1) is 6.04 Å². The Morgan fingerprint density at radius 1 is 1.40 bits per heavy atom. The number of aliphatic hydroxyl groups is 1. The summed E-state index contributed by atoms with van der Waals surface area (Å²) in [6.07, 6.45) is 2.56. The minimum Gasteiger partial charge on any atom is -0.396 e. The van der Waals surface area contributed by atoms with Crippen LogP contribution in [0, 0.1) is 11.8 Å².